The van der Waals surface area contributed by atoms with E-state index in [-0.39, 0.29) is 42.6 Å². The lowest BCUT2D eigenvalue weighted by Gasteiger charge is -2.33. The third-order valence-corrected chi connectivity index (χ3v) is 7.75. The van der Waals surface area contributed by atoms with Crippen LogP contribution in [0.4, 0.5) is 0 Å². The predicted octanol–water partition coefficient (Wildman–Crippen LogP) is 0.741. The van der Waals surface area contributed by atoms with Crippen molar-refractivity contribution in [2.45, 2.75) is 18.2 Å². The Balaban J connectivity index is 2.16. The second kappa shape index (κ2) is 7.16. The second-order valence-electron chi connectivity index (χ2n) is 5.27. The third-order valence-electron chi connectivity index (χ3n) is 3.74. The van der Waals surface area contributed by atoms with E-state index in [1.54, 1.807) is 25.1 Å². The maximum absolute atomic E-state index is 12.7. The molecule has 7 nitrogen and oxygen atoms in total. The first kappa shape index (κ1) is 18.2. The highest BCUT2D eigenvalue weighted by Gasteiger charge is 2.33. The van der Waals surface area contributed by atoms with Crippen molar-refractivity contribution in [1.82, 2.24) is 8.61 Å². The van der Waals surface area contributed by atoms with Crippen LogP contribution in [0.15, 0.2) is 29.2 Å². The van der Waals surface area contributed by atoms with Crippen LogP contribution in [0.1, 0.15) is 13.3 Å². The van der Waals surface area contributed by atoms with Crippen LogP contribution >= 0.6 is 0 Å². The highest BCUT2D eigenvalue weighted by atomic mass is 32.2. The van der Waals surface area contributed by atoms with E-state index in [1.165, 1.54) is 21.8 Å². The summed E-state index contributed by atoms with van der Waals surface area (Å²) >= 11 is 0. The number of piperazine rings is 1. The monoisotopic (exact) mass is 362 g/mol. The van der Waals surface area contributed by atoms with Crippen LogP contribution < -0.4 is 4.74 Å². The predicted molar refractivity (Wildman–Crippen MR) is 87.4 cm³/mol. The quantitative estimate of drug-likeness (QED) is 0.745. The lowest BCUT2D eigenvalue weighted by molar-refractivity contribution is 0.272. The summed E-state index contributed by atoms with van der Waals surface area (Å²) in [4.78, 5) is 0.104. The number of para-hydroxylation sites is 1. The summed E-state index contributed by atoms with van der Waals surface area (Å²) in [6, 6.07) is 6.42. The summed E-state index contributed by atoms with van der Waals surface area (Å²) in [5.74, 6) is 0.375. The SMILES string of the molecule is CCCS(=O)(=O)N1CCN(S(=O)(=O)c2ccccc2OC)CC1. The molecule has 0 bridgehead atoms. The van der Waals surface area contributed by atoms with Gasteiger partial charge in [0.1, 0.15) is 10.6 Å². The summed E-state index contributed by atoms with van der Waals surface area (Å²) in [5.41, 5.74) is 0. The molecule has 0 spiro atoms. The van der Waals surface area contributed by atoms with Gasteiger partial charge in [-0.25, -0.2) is 16.8 Å². The molecule has 0 unspecified atom stereocenters. The van der Waals surface area contributed by atoms with Crippen molar-refractivity contribution in [3.63, 3.8) is 0 Å². The van der Waals surface area contributed by atoms with Crippen molar-refractivity contribution < 1.29 is 21.6 Å². The van der Waals surface area contributed by atoms with E-state index in [0.29, 0.717) is 6.42 Å². The molecule has 0 amide bonds. The van der Waals surface area contributed by atoms with Gasteiger partial charge in [-0.2, -0.15) is 8.61 Å². The first-order valence-electron chi connectivity index (χ1n) is 7.44. The summed E-state index contributed by atoms with van der Waals surface area (Å²) in [5, 5.41) is 0. The van der Waals surface area contributed by atoms with Gasteiger partial charge in [0.15, 0.2) is 0 Å². The number of hydrogen-bond donors (Lipinski definition) is 0. The zero-order chi connectivity index (χ0) is 17.1. The van der Waals surface area contributed by atoms with Gasteiger partial charge in [-0.15, -0.1) is 0 Å². The third kappa shape index (κ3) is 3.85. The Morgan fingerprint density at radius 1 is 1.00 bits per heavy atom. The van der Waals surface area contributed by atoms with Crippen LogP contribution in [0, 0.1) is 0 Å². The van der Waals surface area contributed by atoms with Gasteiger partial charge >= 0.3 is 0 Å². The number of sulfonamides is 2. The van der Waals surface area contributed by atoms with E-state index in [9.17, 15) is 16.8 Å². The second-order valence-corrected chi connectivity index (χ2v) is 9.26. The largest absolute Gasteiger partial charge is 0.495 e. The maximum atomic E-state index is 12.7. The van der Waals surface area contributed by atoms with Gasteiger partial charge < -0.3 is 4.74 Å². The topological polar surface area (TPSA) is 84.0 Å². The van der Waals surface area contributed by atoms with Gasteiger partial charge in [0, 0.05) is 26.2 Å². The van der Waals surface area contributed by atoms with Gasteiger partial charge in [0.2, 0.25) is 20.0 Å². The summed E-state index contributed by atoms with van der Waals surface area (Å²) in [6.45, 7) is 2.44. The number of nitrogens with zero attached hydrogens (tertiary/aromatic N) is 2. The van der Waals surface area contributed by atoms with Crippen LogP contribution in [-0.2, 0) is 20.0 Å². The lowest BCUT2D eigenvalue weighted by atomic mass is 10.3. The first-order chi connectivity index (χ1) is 10.8. The molecule has 0 aromatic heterocycles. The molecule has 0 atom stereocenters. The molecule has 1 heterocycles. The van der Waals surface area contributed by atoms with Crippen molar-refractivity contribution in [3.05, 3.63) is 24.3 Å². The van der Waals surface area contributed by atoms with Gasteiger partial charge in [-0.3, -0.25) is 0 Å². The van der Waals surface area contributed by atoms with Crippen LogP contribution in [0.2, 0.25) is 0 Å². The average Bonchev–Trinajstić information content (AvgIpc) is 2.55. The van der Waals surface area contributed by atoms with Gasteiger partial charge in [0.05, 0.1) is 12.9 Å². The Kier molecular flexibility index (Phi) is 5.66. The molecule has 2 rings (SSSR count). The molecule has 1 aliphatic rings. The van der Waals surface area contributed by atoms with Crippen LogP contribution in [-0.4, -0.2) is 64.5 Å². The van der Waals surface area contributed by atoms with Crippen LogP contribution in [0.3, 0.4) is 0 Å². The molecule has 9 heteroatoms. The van der Waals surface area contributed by atoms with Crippen LogP contribution in [0.25, 0.3) is 0 Å². The smallest absolute Gasteiger partial charge is 0.246 e. The molecule has 1 fully saturated rings. The molecule has 1 aromatic carbocycles. The molecular weight excluding hydrogens is 340 g/mol. The Morgan fingerprint density at radius 2 is 1.57 bits per heavy atom. The minimum Gasteiger partial charge on any atom is -0.495 e. The fraction of sp³-hybridized carbons (Fsp3) is 0.571. The number of ether oxygens (including phenoxy) is 1. The lowest BCUT2D eigenvalue weighted by Crippen LogP contribution is -2.50. The number of benzene rings is 1. The molecule has 1 aromatic rings. The molecule has 23 heavy (non-hydrogen) atoms. The highest BCUT2D eigenvalue weighted by Crippen LogP contribution is 2.27. The molecule has 1 aliphatic heterocycles. The number of rotatable bonds is 6. The van der Waals surface area contributed by atoms with Crippen molar-refractivity contribution in [3.8, 4) is 5.75 Å². The summed E-state index contributed by atoms with van der Waals surface area (Å²) in [7, 11) is -5.57. The Labute approximate surface area is 137 Å². The van der Waals surface area contributed by atoms with E-state index in [4.69, 9.17) is 4.74 Å². The van der Waals surface area contributed by atoms with Crippen molar-refractivity contribution in [1.29, 1.82) is 0 Å². The molecule has 0 saturated carbocycles. The minimum absolute atomic E-state index is 0.0895. The number of methoxy groups -OCH3 is 1. The Morgan fingerprint density at radius 3 is 2.13 bits per heavy atom. The van der Waals surface area contributed by atoms with E-state index < -0.39 is 20.0 Å². The zero-order valence-electron chi connectivity index (χ0n) is 13.3. The van der Waals surface area contributed by atoms with Gasteiger partial charge in [-0.1, -0.05) is 19.1 Å². The molecular formula is C14H22N2O5S2. The van der Waals surface area contributed by atoms with Gasteiger partial charge in [-0.05, 0) is 18.6 Å². The number of hydrogen-bond acceptors (Lipinski definition) is 5. The van der Waals surface area contributed by atoms with Crippen molar-refractivity contribution in [2.24, 2.45) is 0 Å². The first-order valence-corrected chi connectivity index (χ1v) is 10.5. The molecule has 0 aliphatic carbocycles. The molecule has 0 N–H and O–H groups in total. The molecule has 1 saturated heterocycles. The average molecular weight is 362 g/mol. The summed E-state index contributed by atoms with van der Waals surface area (Å²) in [6.07, 6.45) is 0.544. The normalized spacial score (nSPS) is 18.0. The highest BCUT2D eigenvalue weighted by molar-refractivity contribution is 7.89. The van der Waals surface area contributed by atoms with Gasteiger partial charge in [0.25, 0.3) is 0 Å². The Hall–Kier alpha value is -1.16. The van der Waals surface area contributed by atoms with Crippen LogP contribution in [0.5, 0.6) is 5.75 Å². The Bertz CT molecular complexity index is 738. The van der Waals surface area contributed by atoms with E-state index in [2.05, 4.69) is 0 Å². The molecule has 0 radical (unpaired) electrons. The fourth-order valence-electron chi connectivity index (χ4n) is 2.55. The van der Waals surface area contributed by atoms with Crippen molar-refractivity contribution in [2.75, 3.05) is 39.0 Å². The van der Waals surface area contributed by atoms with E-state index in [0.717, 1.165) is 0 Å². The standard InChI is InChI=1S/C14H22N2O5S2/c1-3-12-22(17,18)15-8-10-16(11-9-15)23(19,20)14-7-5-4-6-13(14)21-2/h4-7H,3,8-12H2,1-2H3. The summed E-state index contributed by atoms with van der Waals surface area (Å²) < 4.78 is 57.3. The molecule has 130 valence electrons. The van der Waals surface area contributed by atoms with E-state index in [1.807, 2.05) is 0 Å². The zero-order valence-corrected chi connectivity index (χ0v) is 14.9. The maximum Gasteiger partial charge on any atom is 0.246 e. The van der Waals surface area contributed by atoms with Crippen molar-refractivity contribution >= 4 is 20.0 Å². The fourth-order valence-corrected chi connectivity index (χ4v) is 5.62. The minimum atomic E-state index is -3.70. The van der Waals surface area contributed by atoms with E-state index >= 15 is 0 Å².